The maximum atomic E-state index is 5.81. The van der Waals surface area contributed by atoms with E-state index in [0.717, 1.165) is 18.8 Å². The third-order valence-corrected chi connectivity index (χ3v) is 3.85. The summed E-state index contributed by atoms with van der Waals surface area (Å²) < 4.78 is 7.13. The molecule has 1 aliphatic heterocycles. The van der Waals surface area contributed by atoms with Crippen molar-refractivity contribution in [1.29, 1.82) is 0 Å². The Bertz CT molecular complexity index is 487. The summed E-state index contributed by atoms with van der Waals surface area (Å²) >= 11 is 1.79. The van der Waals surface area contributed by atoms with Gasteiger partial charge >= 0.3 is 0 Å². The van der Waals surface area contributed by atoms with Crippen molar-refractivity contribution in [3.05, 3.63) is 29.1 Å². The van der Waals surface area contributed by atoms with Crippen LogP contribution in [-0.2, 0) is 0 Å². The Balaban J connectivity index is 1.91. The predicted octanol–water partition coefficient (Wildman–Crippen LogP) is 2.56. The number of thiophene rings is 1. The molecule has 0 radical (unpaired) electrons. The molecule has 0 spiro atoms. The Morgan fingerprint density at radius 1 is 1.40 bits per heavy atom. The Morgan fingerprint density at radius 3 is 3.00 bits per heavy atom. The Kier molecular flexibility index (Phi) is 2.15. The molecule has 0 bridgehead atoms. The number of ether oxygens (including phenoxy) is 1. The summed E-state index contributed by atoms with van der Waals surface area (Å²) in [5.74, 6) is 0.996. The topological polar surface area (TPSA) is 21.3 Å². The van der Waals surface area contributed by atoms with Crippen molar-refractivity contribution in [2.45, 2.75) is 13.0 Å². The van der Waals surface area contributed by atoms with E-state index in [-0.39, 0.29) is 0 Å². The van der Waals surface area contributed by atoms with Gasteiger partial charge in [-0.2, -0.15) is 0 Å². The van der Waals surface area contributed by atoms with Gasteiger partial charge in [0.1, 0.15) is 11.9 Å². The Morgan fingerprint density at radius 2 is 2.27 bits per heavy atom. The van der Waals surface area contributed by atoms with Crippen molar-refractivity contribution in [1.82, 2.24) is 5.32 Å². The zero-order chi connectivity index (χ0) is 10.3. The van der Waals surface area contributed by atoms with Crippen LogP contribution < -0.4 is 10.1 Å². The summed E-state index contributed by atoms with van der Waals surface area (Å²) in [4.78, 5) is 0. The fourth-order valence-corrected chi connectivity index (χ4v) is 2.72. The molecule has 0 atom stereocenters. The Hall–Kier alpha value is -1.06. The molecule has 2 heterocycles. The maximum Gasteiger partial charge on any atom is 0.123 e. The number of nitrogens with one attached hydrogen (secondary N) is 1. The quantitative estimate of drug-likeness (QED) is 0.838. The lowest BCUT2D eigenvalue weighted by molar-refractivity contribution is 0.142. The molecule has 1 fully saturated rings. The number of benzene rings is 1. The molecule has 1 aliphatic rings. The van der Waals surface area contributed by atoms with Crippen molar-refractivity contribution < 1.29 is 4.74 Å². The molecule has 78 valence electrons. The van der Waals surface area contributed by atoms with Gasteiger partial charge in [0.15, 0.2) is 0 Å². The first kappa shape index (κ1) is 9.19. The molecular weight excluding hydrogens is 206 g/mol. The van der Waals surface area contributed by atoms with E-state index in [1.165, 1.54) is 15.6 Å². The molecule has 1 aromatic carbocycles. The maximum absolute atomic E-state index is 5.81. The minimum atomic E-state index is 0.364. The van der Waals surface area contributed by atoms with E-state index in [4.69, 9.17) is 4.74 Å². The van der Waals surface area contributed by atoms with Crippen LogP contribution in [0.3, 0.4) is 0 Å². The van der Waals surface area contributed by atoms with Gasteiger partial charge in [-0.25, -0.2) is 0 Å². The molecule has 2 aromatic rings. The number of fused-ring (bicyclic) bond motifs is 1. The average molecular weight is 219 g/mol. The molecule has 0 amide bonds. The van der Waals surface area contributed by atoms with Crippen LogP contribution in [-0.4, -0.2) is 19.2 Å². The van der Waals surface area contributed by atoms with Gasteiger partial charge in [-0.1, -0.05) is 0 Å². The largest absolute Gasteiger partial charge is 0.488 e. The van der Waals surface area contributed by atoms with Crippen molar-refractivity contribution in [3.63, 3.8) is 0 Å². The second-order valence-corrected chi connectivity index (χ2v) is 4.89. The summed E-state index contributed by atoms with van der Waals surface area (Å²) in [6, 6.07) is 6.37. The van der Waals surface area contributed by atoms with E-state index in [2.05, 4.69) is 35.8 Å². The Labute approximate surface area is 92.9 Å². The van der Waals surface area contributed by atoms with Crippen LogP contribution in [0.2, 0.25) is 0 Å². The van der Waals surface area contributed by atoms with Crippen LogP contribution in [0, 0.1) is 6.92 Å². The van der Waals surface area contributed by atoms with Crippen LogP contribution in [0.5, 0.6) is 5.75 Å². The highest BCUT2D eigenvalue weighted by Gasteiger charge is 2.18. The van der Waals surface area contributed by atoms with Crippen molar-refractivity contribution in [3.8, 4) is 5.75 Å². The lowest BCUT2D eigenvalue weighted by atomic mass is 10.2. The SMILES string of the molecule is Cc1csc2cc(OC3CNC3)ccc12. The highest BCUT2D eigenvalue weighted by molar-refractivity contribution is 7.17. The number of rotatable bonds is 2. The van der Waals surface area contributed by atoms with Crippen LogP contribution in [0.1, 0.15) is 5.56 Å². The zero-order valence-corrected chi connectivity index (χ0v) is 9.43. The standard InChI is InChI=1S/C12H13NOS/c1-8-7-15-12-4-9(2-3-11(8)12)14-10-5-13-6-10/h2-4,7,10,13H,5-6H2,1H3. The van der Waals surface area contributed by atoms with Crippen molar-refractivity contribution in [2.75, 3.05) is 13.1 Å². The average Bonchev–Trinajstić information content (AvgIpc) is 2.54. The first-order chi connectivity index (χ1) is 7.33. The van der Waals surface area contributed by atoms with Gasteiger partial charge in [0.05, 0.1) is 0 Å². The summed E-state index contributed by atoms with van der Waals surface area (Å²) in [5, 5.41) is 6.74. The van der Waals surface area contributed by atoms with Gasteiger partial charge in [0, 0.05) is 17.8 Å². The van der Waals surface area contributed by atoms with Gasteiger partial charge in [-0.05, 0) is 41.5 Å². The molecule has 1 N–H and O–H groups in total. The molecule has 1 aromatic heterocycles. The van der Waals surface area contributed by atoms with Crippen LogP contribution in [0.4, 0.5) is 0 Å². The lowest BCUT2D eigenvalue weighted by Crippen LogP contribution is -2.50. The molecule has 15 heavy (non-hydrogen) atoms. The summed E-state index contributed by atoms with van der Waals surface area (Å²) in [5.41, 5.74) is 1.35. The fourth-order valence-electron chi connectivity index (χ4n) is 1.75. The molecule has 1 saturated heterocycles. The fraction of sp³-hybridized carbons (Fsp3) is 0.333. The van der Waals surface area contributed by atoms with E-state index in [1.54, 1.807) is 11.3 Å². The van der Waals surface area contributed by atoms with E-state index >= 15 is 0 Å². The molecule has 0 saturated carbocycles. The van der Waals surface area contributed by atoms with Gasteiger partial charge in [-0.15, -0.1) is 11.3 Å². The molecule has 0 unspecified atom stereocenters. The van der Waals surface area contributed by atoms with Crippen molar-refractivity contribution in [2.24, 2.45) is 0 Å². The molecule has 0 aliphatic carbocycles. The third-order valence-electron chi connectivity index (χ3n) is 2.79. The highest BCUT2D eigenvalue weighted by Crippen LogP contribution is 2.29. The minimum absolute atomic E-state index is 0.364. The van der Waals surface area contributed by atoms with Gasteiger partial charge < -0.3 is 10.1 Å². The first-order valence-corrected chi connectivity index (χ1v) is 6.06. The monoisotopic (exact) mass is 219 g/mol. The molecule has 2 nitrogen and oxygen atoms in total. The van der Waals surface area contributed by atoms with Crippen molar-refractivity contribution >= 4 is 21.4 Å². The van der Waals surface area contributed by atoms with Gasteiger partial charge in [0.2, 0.25) is 0 Å². The van der Waals surface area contributed by atoms with E-state index in [1.807, 2.05) is 0 Å². The van der Waals surface area contributed by atoms with Crippen LogP contribution in [0.25, 0.3) is 10.1 Å². The molecule has 3 heteroatoms. The lowest BCUT2D eigenvalue weighted by Gasteiger charge is -2.27. The van der Waals surface area contributed by atoms with E-state index in [0.29, 0.717) is 6.10 Å². The zero-order valence-electron chi connectivity index (χ0n) is 8.62. The first-order valence-electron chi connectivity index (χ1n) is 5.18. The number of aryl methyl sites for hydroxylation is 1. The second kappa shape index (κ2) is 3.51. The number of hydrogen-bond acceptors (Lipinski definition) is 3. The van der Waals surface area contributed by atoms with E-state index < -0.39 is 0 Å². The summed E-state index contributed by atoms with van der Waals surface area (Å²) in [7, 11) is 0. The second-order valence-electron chi connectivity index (χ2n) is 3.97. The van der Waals surface area contributed by atoms with Gasteiger partial charge in [0.25, 0.3) is 0 Å². The van der Waals surface area contributed by atoms with Crippen LogP contribution in [0.15, 0.2) is 23.6 Å². The summed E-state index contributed by atoms with van der Waals surface area (Å²) in [6.07, 6.45) is 0.364. The predicted molar refractivity (Wildman–Crippen MR) is 63.8 cm³/mol. The highest BCUT2D eigenvalue weighted by atomic mass is 32.1. The smallest absolute Gasteiger partial charge is 0.123 e. The van der Waals surface area contributed by atoms with Gasteiger partial charge in [-0.3, -0.25) is 0 Å². The summed E-state index contributed by atoms with van der Waals surface area (Å²) in [6.45, 7) is 4.10. The van der Waals surface area contributed by atoms with Crippen LogP contribution >= 0.6 is 11.3 Å². The third kappa shape index (κ3) is 1.62. The minimum Gasteiger partial charge on any atom is -0.488 e. The molecule has 3 rings (SSSR count). The normalized spacial score (nSPS) is 16.6. The number of hydrogen-bond donors (Lipinski definition) is 1. The molecular formula is C12H13NOS. The van der Waals surface area contributed by atoms with E-state index in [9.17, 15) is 0 Å².